The molecule has 3 rings (SSSR count). The van der Waals surface area contributed by atoms with Crippen LogP contribution >= 0.6 is 0 Å². The summed E-state index contributed by atoms with van der Waals surface area (Å²) in [6, 6.07) is -1.12. The minimum Gasteiger partial charge on any atom is -0.466 e. The molecule has 0 aliphatic rings. The maximum Gasteiger partial charge on any atom is 0.413 e. The van der Waals surface area contributed by atoms with E-state index in [0.29, 0.717) is 116 Å². The van der Waals surface area contributed by atoms with Gasteiger partial charge in [0.05, 0.1) is 25.2 Å². The molecule has 102 heavy (non-hydrogen) atoms. The van der Waals surface area contributed by atoms with Crippen LogP contribution in [0.15, 0.2) is 56.2 Å². The Morgan fingerprint density at radius 1 is 0.353 bits per heavy atom. The second-order valence-electron chi connectivity index (χ2n) is 25.0. The molecule has 37 heteroatoms. The predicted octanol–water partition coefficient (Wildman–Crippen LogP) is 5.45. The quantitative estimate of drug-likeness (QED) is 0.0121. The summed E-state index contributed by atoms with van der Waals surface area (Å²) in [5.74, 6) is -3.57. The van der Waals surface area contributed by atoms with Crippen molar-refractivity contribution in [3.63, 3.8) is 0 Å². The van der Waals surface area contributed by atoms with Gasteiger partial charge in [0.2, 0.25) is 0 Å². The monoisotopic (exact) mass is 1510 g/mol. The number of unbranched alkanes of at least 4 members (excludes halogenated alkanes) is 17. The zero-order chi connectivity index (χ0) is 74.9. The average molecular weight is 1510 g/mol. The Morgan fingerprint density at radius 2 is 0.608 bits per heavy atom. The summed E-state index contributed by atoms with van der Waals surface area (Å²) in [5, 5.41) is 11.1. The van der Waals surface area contributed by atoms with E-state index in [9.17, 15) is 68.4 Å². The SMILES string of the molecule is CCC(COC(=O)CCCCCOC(=O)CCCCCCCNC(=O)n1cc[n+](CCS(=O)(=O)O)c1)(COC(=O)CCCCCOC(=O)CCCCCCCNC(=O)n1cc[n+](CCS(=O)(=O)O)c1)COC(=O)CCCCCOC(=O)NCCCCCCNC(=O)n1cc[n+](CCS(=O)(=O)O)c1. The molecule has 4 amide bonds. The number of esters is 5. The summed E-state index contributed by atoms with van der Waals surface area (Å²) in [6.45, 7) is 3.41. The molecule has 0 radical (unpaired) electrons. The molecular formula is C65H109N10O24S3+3. The highest BCUT2D eigenvalue weighted by Crippen LogP contribution is 2.26. The minimum absolute atomic E-state index is 0.000754. The van der Waals surface area contributed by atoms with Crippen molar-refractivity contribution in [1.29, 1.82) is 0 Å². The second kappa shape index (κ2) is 50.7. The fourth-order valence-corrected chi connectivity index (χ4v) is 11.2. The first-order chi connectivity index (χ1) is 48.6. The number of imidazole rings is 3. The first-order valence-corrected chi connectivity index (χ1v) is 40.1. The highest BCUT2D eigenvalue weighted by Gasteiger charge is 2.34. The fourth-order valence-electron chi connectivity index (χ4n) is 9.83. The number of alkyl carbamates (subject to hydrolysis) is 1. The Morgan fingerprint density at radius 3 is 0.902 bits per heavy atom. The molecule has 0 unspecified atom stereocenters. The van der Waals surface area contributed by atoms with E-state index in [-0.39, 0.29) is 121 Å². The van der Waals surface area contributed by atoms with Crippen LogP contribution in [-0.4, -0.2) is 190 Å². The van der Waals surface area contributed by atoms with Gasteiger partial charge in [-0.2, -0.15) is 39.0 Å². The molecule has 3 aromatic heterocycles. The molecule has 34 nitrogen and oxygen atoms in total. The van der Waals surface area contributed by atoms with Crippen LogP contribution in [0.25, 0.3) is 0 Å². The Labute approximate surface area is 598 Å². The van der Waals surface area contributed by atoms with Gasteiger partial charge in [-0.05, 0) is 103 Å². The second-order valence-corrected chi connectivity index (χ2v) is 29.7. The molecule has 0 saturated carbocycles. The maximum atomic E-state index is 13.0. The first-order valence-electron chi connectivity index (χ1n) is 35.2. The molecule has 0 aromatic carbocycles. The molecule has 0 fully saturated rings. The number of nitrogens with one attached hydrogen (secondary N) is 4. The van der Waals surface area contributed by atoms with Crippen molar-refractivity contribution in [1.82, 2.24) is 35.0 Å². The molecule has 0 aliphatic heterocycles. The van der Waals surface area contributed by atoms with Crippen molar-refractivity contribution in [2.75, 3.05) is 83.1 Å². The fraction of sp³-hybridized carbons (Fsp3) is 0.723. The van der Waals surface area contributed by atoms with Crippen LogP contribution in [0.3, 0.4) is 0 Å². The lowest BCUT2D eigenvalue weighted by Gasteiger charge is -2.31. The van der Waals surface area contributed by atoms with Gasteiger partial charge in [-0.25, -0.2) is 32.9 Å². The Hall–Kier alpha value is -7.61. The van der Waals surface area contributed by atoms with E-state index in [0.717, 1.165) is 64.2 Å². The van der Waals surface area contributed by atoms with Crippen molar-refractivity contribution in [2.45, 2.75) is 213 Å². The molecule has 3 aromatic rings. The number of rotatable bonds is 57. The average Bonchev–Trinajstić information content (AvgIpc) is 1.86. The summed E-state index contributed by atoms with van der Waals surface area (Å²) in [6.07, 6.45) is 29.1. The van der Waals surface area contributed by atoms with Crippen molar-refractivity contribution in [3.05, 3.63) is 56.2 Å². The summed E-state index contributed by atoms with van der Waals surface area (Å²) in [4.78, 5) is 113. The number of hydrogen-bond donors (Lipinski definition) is 7. The Balaban J connectivity index is 1.30. The third-order valence-electron chi connectivity index (χ3n) is 16.1. The number of carbonyl (C=O) groups excluding carboxylic acids is 9. The molecule has 3 heterocycles. The van der Waals surface area contributed by atoms with Gasteiger partial charge in [-0.15, -0.1) is 0 Å². The summed E-state index contributed by atoms with van der Waals surface area (Å²) in [7, 11) is -12.4. The molecule has 0 aliphatic carbocycles. The number of carbonyl (C=O) groups is 9. The van der Waals surface area contributed by atoms with E-state index in [1.165, 1.54) is 83.6 Å². The predicted molar refractivity (Wildman–Crippen MR) is 366 cm³/mol. The van der Waals surface area contributed by atoms with Crippen LogP contribution in [0.5, 0.6) is 0 Å². The minimum atomic E-state index is -4.13. The molecule has 0 saturated heterocycles. The molecule has 0 spiro atoms. The van der Waals surface area contributed by atoms with Crippen molar-refractivity contribution >= 4 is 84.4 Å². The zero-order valence-corrected chi connectivity index (χ0v) is 61.3. The standard InChI is InChI=1S/C65H106N10O24S3/c1-2-65(50-97-58(78)28-16-11-23-44-94-56(76)26-14-5-3-7-19-31-66-61(81)73-38-35-70(53-73)41-47-100(85,86)87,51-98-59(79)29-17-12-24-45-95-57(77)27-15-6-4-8-20-32-67-62(82)74-39-36-71(54-74)42-48-101(88,89)90)52-99-60(80)30-18-13-25-46-96-64(84)69-34-22-10-9-21-33-68-63(83)75-40-37-72(55-75)43-49-102(91,92)93/h35-40,53-55H,2-34,41-52H2,1H3,(H4-3,66,67,68,69,81,82,83,84,85,86,87,88,89,90,91,92,93)/p+3. The largest absolute Gasteiger partial charge is 0.466 e. The summed E-state index contributed by atoms with van der Waals surface area (Å²) in [5.41, 5.74) is -1.06. The van der Waals surface area contributed by atoms with Crippen LogP contribution < -0.4 is 35.0 Å². The first kappa shape index (κ1) is 88.6. The summed E-state index contributed by atoms with van der Waals surface area (Å²) >= 11 is 0. The van der Waals surface area contributed by atoms with Gasteiger partial charge in [0.25, 0.3) is 49.3 Å². The van der Waals surface area contributed by atoms with Gasteiger partial charge in [0.15, 0.2) is 0 Å². The van der Waals surface area contributed by atoms with Gasteiger partial charge >= 0.3 is 54.0 Å². The van der Waals surface area contributed by atoms with Crippen LogP contribution in [0, 0.1) is 5.41 Å². The van der Waals surface area contributed by atoms with E-state index in [1.54, 1.807) is 6.92 Å². The van der Waals surface area contributed by atoms with Crippen LogP contribution in [0.1, 0.15) is 193 Å². The highest BCUT2D eigenvalue weighted by atomic mass is 32.2. The van der Waals surface area contributed by atoms with E-state index in [4.69, 9.17) is 42.1 Å². The molecular weight excluding hydrogens is 1400 g/mol. The number of amides is 4. The maximum absolute atomic E-state index is 13.0. The Bertz CT molecular complexity index is 3020. The number of aryl methyl sites for hydroxylation is 3. The van der Waals surface area contributed by atoms with E-state index in [1.807, 2.05) is 0 Å². The number of hydrogen-bond acceptors (Lipinski definition) is 21. The molecule has 578 valence electrons. The van der Waals surface area contributed by atoms with E-state index >= 15 is 0 Å². The lowest BCUT2D eigenvalue weighted by atomic mass is 9.88. The highest BCUT2D eigenvalue weighted by molar-refractivity contribution is 7.86. The van der Waals surface area contributed by atoms with Gasteiger partial charge in [-0.3, -0.25) is 37.6 Å². The van der Waals surface area contributed by atoms with Crippen molar-refractivity contribution in [3.8, 4) is 0 Å². The Kier molecular flexibility index (Phi) is 44.0. The lowest BCUT2D eigenvalue weighted by Crippen LogP contribution is -2.39. The topological polar surface area (TPSA) is 447 Å². The molecule has 0 atom stereocenters. The van der Waals surface area contributed by atoms with Gasteiger partial charge in [0, 0.05) is 58.3 Å². The van der Waals surface area contributed by atoms with Gasteiger partial charge in [0.1, 0.15) is 93.9 Å². The van der Waals surface area contributed by atoms with E-state index < -0.39 is 77.0 Å². The third kappa shape index (κ3) is 45.4. The molecule has 7 N–H and O–H groups in total. The number of ether oxygens (including phenoxy) is 6. The van der Waals surface area contributed by atoms with E-state index in [2.05, 4.69) is 21.3 Å². The van der Waals surface area contributed by atoms with Crippen molar-refractivity contribution in [2.24, 2.45) is 5.41 Å². The van der Waals surface area contributed by atoms with Crippen LogP contribution in [-0.2, 0) is 102 Å². The summed E-state index contributed by atoms with van der Waals surface area (Å²) < 4.78 is 134. The van der Waals surface area contributed by atoms with Crippen LogP contribution in [0.2, 0.25) is 0 Å². The zero-order valence-electron chi connectivity index (χ0n) is 58.8. The van der Waals surface area contributed by atoms with Gasteiger partial charge < -0.3 is 49.7 Å². The smallest absolute Gasteiger partial charge is 0.413 e. The third-order valence-corrected chi connectivity index (χ3v) is 18.2. The van der Waals surface area contributed by atoms with Gasteiger partial charge in [-0.1, -0.05) is 58.3 Å². The molecule has 0 bridgehead atoms. The number of aromatic nitrogens is 6. The normalized spacial score (nSPS) is 11.7. The van der Waals surface area contributed by atoms with Crippen LogP contribution in [0.4, 0.5) is 19.2 Å². The number of nitrogens with zero attached hydrogens (tertiary/aromatic N) is 6. The lowest BCUT2D eigenvalue weighted by molar-refractivity contribution is -0.691. The van der Waals surface area contributed by atoms with Crippen molar-refractivity contribution < 1.29 is 124 Å².